The van der Waals surface area contributed by atoms with Crippen LogP contribution in [-0.2, 0) is 6.54 Å². The molecule has 0 aliphatic rings. The van der Waals surface area contributed by atoms with Crippen LogP contribution < -0.4 is 5.32 Å². The van der Waals surface area contributed by atoms with Crippen LogP contribution in [0.5, 0.6) is 0 Å². The van der Waals surface area contributed by atoms with Crippen LogP contribution in [0.3, 0.4) is 0 Å². The molecule has 0 saturated carbocycles. The summed E-state index contributed by atoms with van der Waals surface area (Å²) in [5, 5.41) is 13.0. The zero-order chi connectivity index (χ0) is 12.3. The Morgan fingerprint density at radius 3 is 2.82 bits per heavy atom. The minimum absolute atomic E-state index is 0.467. The van der Waals surface area contributed by atoms with Gasteiger partial charge in [-0.15, -0.1) is 11.3 Å². The number of nitrogens with one attached hydrogen (secondary N) is 1. The largest absolute Gasteiger partial charge is 0.453 e. The number of halogens is 2. The van der Waals surface area contributed by atoms with E-state index in [1.165, 1.54) is 11.3 Å². The molecule has 0 aliphatic carbocycles. The molecule has 92 valence electrons. The van der Waals surface area contributed by atoms with Crippen molar-refractivity contribution in [1.29, 1.82) is 0 Å². The van der Waals surface area contributed by atoms with E-state index in [-0.39, 0.29) is 0 Å². The summed E-state index contributed by atoms with van der Waals surface area (Å²) in [6, 6.07) is 7.34. The molecule has 2 aromatic rings. The highest BCUT2D eigenvalue weighted by Gasteiger charge is 2.10. The van der Waals surface area contributed by atoms with Gasteiger partial charge in [-0.25, -0.2) is 0 Å². The van der Waals surface area contributed by atoms with Crippen LogP contribution in [0.25, 0.3) is 0 Å². The summed E-state index contributed by atoms with van der Waals surface area (Å²) in [6.07, 6.45) is -0.536. The van der Waals surface area contributed by atoms with Gasteiger partial charge in [0.05, 0.1) is 10.9 Å². The van der Waals surface area contributed by atoms with Gasteiger partial charge in [-0.2, -0.15) is 0 Å². The highest BCUT2D eigenvalue weighted by Crippen LogP contribution is 2.26. The van der Waals surface area contributed by atoms with E-state index in [2.05, 4.69) is 21.2 Å². The monoisotopic (exact) mass is 335 g/mol. The lowest BCUT2D eigenvalue weighted by Gasteiger charge is -2.08. The van der Waals surface area contributed by atoms with E-state index >= 15 is 0 Å². The van der Waals surface area contributed by atoms with Gasteiger partial charge in [0.2, 0.25) is 0 Å². The number of hydrogen-bond donors (Lipinski definition) is 2. The Morgan fingerprint density at radius 1 is 1.41 bits per heavy atom. The molecule has 0 aromatic carbocycles. The maximum Gasteiger partial charge on any atom is 0.169 e. The molecule has 2 rings (SSSR count). The molecule has 0 fully saturated rings. The second-order valence-electron chi connectivity index (χ2n) is 3.49. The molecule has 2 aromatic heterocycles. The summed E-state index contributed by atoms with van der Waals surface area (Å²) in [4.78, 5) is 0.864. The smallest absolute Gasteiger partial charge is 0.169 e. The molecule has 0 spiro atoms. The average molecular weight is 337 g/mol. The summed E-state index contributed by atoms with van der Waals surface area (Å²) < 4.78 is 6.73. The lowest BCUT2D eigenvalue weighted by molar-refractivity contribution is 0.177. The molecule has 0 radical (unpaired) electrons. The molecule has 6 heteroatoms. The van der Waals surface area contributed by atoms with Gasteiger partial charge in [-0.3, -0.25) is 0 Å². The Bertz CT molecular complexity index is 485. The summed E-state index contributed by atoms with van der Waals surface area (Å²) in [7, 11) is 0. The van der Waals surface area contributed by atoms with Gasteiger partial charge in [-0.1, -0.05) is 11.6 Å². The van der Waals surface area contributed by atoms with Crippen molar-refractivity contribution in [1.82, 2.24) is 5.32 Å². The van der Waals surface area contributed by atoms with E-state index in [0.29, 0.717) is 22.1 Å². The SMILES string of the molecule is O[C@H](CNCc1ccc(Br)o1)c1ccc(Cl)s1. The van der Waals surface area contributed by atoms with Crippen LogP contribution in [0.4, 0.5) is 0 Å². The predicted molar refractivity (Wildman–Crippen MR) is 72.4 cm³/mol. The maximum absolute atomic E-state index is 9.87. The first kappa shape index (κ1) is 13.1. The predicted octanol–water partition coefficient (Wildman–Crippen LogP) is 3.58. The fourth-order valence-corrected chi connectivity index (χ4v) is 2.77. The Balaban J connectivity index is 1.78. The molecule has 17 heavy (non-hydrogen) atoms. The Labute approximate surface area is 117 Å². The molecular formula is C11H11BrClNO2S. The Kier molecular flexibility index (Phi) is 4.64. The van der Waals surface area contributed by atoms with Crippen LogP contribution in [0.1, 0.15) is 16.7 Å². The number of aliphatic hydroxyl groups is 1. The molecule has 2 N–H and O–H groups in total. The standard InChI is InChI=1S/C11H11BrClNO2S/c12-10-3-1-7(16-10)5-14-6-8(15)9-2-4-11(13)17-9/h1-4,8,14-15H,5-6H2/t8-/m1/s1. The lowest BCUT2D eigenvalue weighted by atomic mass is 10.3. The van der Waals surface area contributed by atoms with Crippen LogP contribution in [0.15, 0.2) is 33.4 Å². The zero-order valence-corrected chi connectivity index (χ0v) is 12.0. The highest BCUT2D eigenvalue weighted by atomic mass is 79.9. The summed E-state index contributed by atoms with van der Waals surface area (Å²) >= 11 is 10.4. The van der Waals surface area contributed by atoms with Crippen LogP contribution in [0, 0.1) is 0 Å². The quantitative estimate of drug-likeness (QED) is 0.877. The number of aliphatic hydroxyl groups excluding tert-OH is 1. The molecule has 0 aliphatic heterocycles. The fourth-order valence-electron chi connectivity index (χ4n) is 1.39. The molecule has 0 bridgehead atoms. The average Bonchev–Trinajstić information content (AvgIpc) is 2.88. The Hall–Kier alpha value is -0.330. The molecule has 0 unspecified atom stereocenters. The normalized spacial score (nSPS) is 12.9. The van der Waals surface area contributed by atoms with Gasteiger partial charge in [0.1, 0.15) is 11.9 Å². The van der Waals surface area contributed by atoms with Crippen LogP contribution >= 0.6 is 38.9 Å². The second kappa shape index (κ2) is 6.02. The van der Waals surface area contributed by atoms with Crippen molar-refractivity contribution in [3.63, 3.8) is 0 Å². The van der Waals surface area contributed by atoms with Gasteiger partial charge >= 0.3 is 0 Å². The molecule has 3 nitrogen and oxygen atoms in total. The number of thiophene rings is 1. The van der Waals surface area contributed by atoms with Crippen LogP contribution in [0.2, 0.25) is 4.34 Å². The zero-order valence-electron chi connectivity index (χ0n) is 8.82. The molecule has 2 heterocycles. The minimum atomic E-state index is -0.536. The first-order valence-corrected chi connectivity index (χ1v) is 7.02. The first-order chi connectivity index (χ1) is 8.15. The van der Waals surface area contributed by atoms with E-state index in [1.54, 1.807) is 6.07 Å². The third-order valence-corrected chi connectivity index (χ3v) is 3.95. The van der Waals surface area contributed by atoms with Gasteiger partial charge in [-0.05, 0) is 40.2 Å². The molecule has 1 atom stereocenters. The minimum Gasteiger partial charge on any atom is -0.453 e. The maximum atomic E-state index is 9.87. The first-order valence-electron chi connectivity index (χ1n) is 5.03. The summed E-state index contributed by atoms with van der Waals surface area (Å²) in [6.45, 7) is 1.05. The topological polar surface area (TPSA) is 45.4 Å². The van der Waals surface area contributed by atoms with Crippen molar-refractivity contribution in [3.05, 3.63) is 43.9 Å². The highest BCUT2D eigenvalue weighted by molar-refractivity contribution is 9.10. The van der Waals surface area contributed by atoms with Crippen molar-refractivity contribution in [2.24, 2.45) is 0 Å². The summed E-state index contributed by atoms with van der Waals surface area (Å²) in [5.41, 5.74) is 0. The van der Waals surface area contributed by atoms with Gasteiger partial charge in [0, 0.05) is 11.4 Å². The van der Waals surface area contributed by atoms with Gasteiger partial charge in [0.15, 0.2) is 4.67 Å². The van der Waals surface area contributed by atoms with E-state index in [1.807, 2.05) is 18.2 Å². The van der Waals surface area contributed by atoms with Gasteiger partial charge in [0.25, 0.3) is 0 Å². The number of hydrogen-bond acceptors (Lipinski definition) is 4. The van der Waals surface area contributed by atoms with Crippen molar-refractivity contribution in [2.75, 3.05) is 6.54 Å². The third kappa shape index (κ3) is 3.82. The van der Waals surface area contributed by atoms with Crippen LogP contribution in [-0.4, -0.2) is 11.7 Å². The van der Waals surface area contributed by atoms with E-state index in [9.17, 15) is 5.11 Å². The van der Waals surface area contributed by atoms with Crippen molar-refractivity contribution in [2.45, 2.75) is 12.6 Å². The second-order valence-corrected chi connectivity index (χ2v) is 6.02. The lowest BCUT2D eigenvalue weighted by Crippen LogP contribution is -2.20. The molecule has 0 saturated heterocycles. The van der Waals surface area contributed by atoms with Crippen molar-refractivity contribution < 1.29 is 9.52 Å². The fraction of sp³-hybridized carbons (Fsp3) is 0.273. The van der Waals surface area contributed by atoms with E-state index in [0.717, 1.165) is 10.6 Å². The Morgan fingerprint density at radius 2 is 2.24 bits per heavy atom. The van der Waals surface area contributed by atoms with Crippen molar-refractivity contribution >= 4 is 38.9 Å². The molecule has 0 amide bonds. The van der Waals surface area contributed by atoms with E-state index in [4.69, 9.17) is 16.0 Å². The number of furan rings is 1. The summed E-state index contributed by atoms with van der Waals surface area (Å²) in [5.74, 6) is 0.827. The van der Waals surface area contributed by atoms with E-state index < -0.39 is 6.10 Å². The van der Waals surface area contributed by atoms with Crippen molar-refractivity contribution in [3.8, 4) is 0 Å². The van der Waals surface area contributed by atoms with Gasteiger partial charge < -0.3 is 14.8 Å². The molecular weight excluding hydrogens is 326 g/mol. The number of rotatable bonds is 5. The third-order valence-electron chi connectivity index (χ3n) is 2.19.